The molecule has 0 unspecified atom stereocenters. The van der Waals surface area contributed by atoms with Crippen molar-refractivity contribution in [3.05, 3.63) is 23.0 Å². The number of hydrogen-bond acceptors (Lipinski definition) is 2. The van der Waals surface area contributed by atoms with E-state index in [1.165, 1.54) is 5.57 Å². The van der Waals surface area contributed by atoms with E-state index in [9.17, 15) is 4.79 Å². The van der Waals surface area contributed by atoms with Crippen LogP contribution in [0.5, 0.6) is 0 Å². The number of amides is 1. The predicted octanol–water partition coefficient (Wildman–Crippen LogP) is 1.68. The smallest absolute Gasteiger partial charge is 0.243 e. The summed E-state index contributed by atoms with van der Waals surface area (Å²) in [5.41, 5.74) is 3.52. The highest BCUT2D eigenvalue weighted by molar-refractivity contribution is 5.81. The molecule has 1 aliphatic carbocycles. The van der Waals surface area contributed by atoms with E-state index < -0.39 is 0 Å². The first-order valence-electron chi connectivity index (χ1n) is 5.20. The van der Waals surface area contributed by atoms with Crippen LogP contribution in [0.3, 0.4) is 0 Å². The van der Waals surface area contributed by atoms with Crippen LogP contribution < -0.4 is 10.6 Å². The van der Waals surface area contributed by atoms with Gasteiger partial charge in [-0.1, -0.05) is 19.4 Å². The van der Waals surface area contributed by atoms with Crippen molar-refractivity contribution >= 4 is 5.91 Å². The molecule has 0 bridgehead atoms. The maximum absolute atomic E-state index is 11.0. The quantitative estimate of drug-likeness (QED) is 0.616. The second-order valence-corrected chi connectivity index (χ2v) is 3.28. The lowest BCUT2D eigenvalue weighted by Gasteiger charge is -2.24. The average Bonchev–Trinajstić information content (AvgIpc) is 2.21. The normalized spacial score (nSPS) is 19.6. The van der Waals surface area contributed by atoms with E-state index in [0.717, 1.165) is 24.2 Å². The standard InChI is InChI=1S/C9H12N2O.C2H6/c1-6-2-3-7-8(4-6)10-5-9(12)11-7;1-2/h4,10H,2-3,5H2,1H3,(H,11,12);1-2H3. The Balaban J connectivity index is 0.000000461. The molecule has 0 atom stereocenters. The molecule has 78 valence electrons. The van der Waals surface area contributed by atoms with Crippen LogP contribution in [0.25, 0.3) is 0 Å². The Morgan fingerprint density at radius 3 is 2.71 bits per heavy atom. The molecule has 0 aromatic heterocycles. The molecule has 0 saturated heterocycles. The molecule has 1 amide bonds. The van der Waals surface area contributed by atoms with E-state index in [-0.39, 0.29) is 5.91 Å². The van der Waals surface area contributed by atoms with Crippen molar-refractivity contribution < 1.29 is 4.79 Å². The van der Waals surface area contributed by atoms with E-state index in [1.54, 1.807) is 0 Å². The monoisotopic (exact) mass is 194 g/mol. The summed E-state index contributed by atoms with van der Waals surface area (Å²) in [4.78, 5) is 11.0. The summed E-state index contributed by atoms with van der Waals surface area (Å²) in [6, 6.07) is 0. The molecule has 3 nitrogen and oxygen atoms in total. The lowest BCUT2D eigenvalue weighted by Crippen LogP contribution is -2.40. The molecule has 0 aromatic rings. The first kappa shape index (κ1) is 10.8. The van der Waals surface area contributed by atoms with Gasteiger partial charge >= 0.3 is 0 Å². The highest BCUT2D eigenvalue weighted by Crippen LogP contribution is 2.21. The summed E-state index contributed by atoms with van der Waals surface area (Å²) >= 11 is 0. The molecule has 0 aromatic carbocycles. The molecule has 2 rings (SSSR count). The van der Waals surface area contributed by atoms with Gasteiger partial charge in [-0.15, -0.1) is 0 Å². The zero-order valence-corrected chi connectivity index (χ0v) is 9.11. The minimum atomic E-state index is 0.0710. The molecule has 1 heterocycles. The summed E-state index contributed by atoms with van der Waals surface area (Å²) < 4.78 is 0. The molecule has 0 fully saturated rings. The fraction of sp³-hybridized carbons (Fsp3) is 0.545. The summed E-state index contributed by atoms with van der Waals surface area (Å²) in [5.74, 6) is 0.0710. The molecule has 2 N–H and O–H groups in total. The first-order valence-corrected chi connectivity index (χ1v) is 5.20. The molecule has 3 heteroatoms. The van der Waals surface area contributed by atoms with Crippen LogP contribution in [0.2, 0.25) is 0 Å². The third-order valence-electron chi connectivity index (χ3n) is 2.21. The number of rotatable bonds is 0. The van der Waals surface area contributed by atoms with Gasteiger partial charge in [0.05, 0.1) is 12.2 Å². The number of allylic oxidation sites excluding steroid dienone is 3. The van der Waals surface area contributed by atoms with Crippen LogP contribution in [0.15, 0.2) is 23.0 Å². The lowest BCUT2D eigenvalue weighted by atomic mass is 10.0. The zero-order valence-electron chi connectivity index (χ0n) is 9.11. The van der Waals surface area contributed by atoms with Crippen molar-refractivity contribution in [1.82, 2.24) is 10.6 Å². The summed E-state index contributed by atoms with van der Waals surface area (Å²) in [6.07, 6.45) is 4.12. The SMILES string of the molecule is CC.CC1=CC2=C(CC1)NC(=O)CN2. The summed E-state index contributed by atoms with van der Waals surface area (Å²) in [7, 11) is 0. The molecule has 0 spiro atoms. The zero-order chi connectivity index (χ0) is 10.6. The van der Waals surface area contributed by atoms with Gasteiger partial charge in [0.25, 0.3) is 0 Å². The second kappa shape index (κ2) is 4.84. The summed E-state index contributed by atoms with van der Waals surface area (Å²) in [6.45, 7) is 6.52. The van der Waals surface area contributed by atoms with Crippen molar-refractivity contribution in [2.24, 2.45) is 0 Å². The Morgan fingerprint density at radius 2 is 2.00 bits per heavy atom. The van der Waals surface area contributed by atoms with Crippen molar-refractivity contribution in [2.75, 3.05) is 6.54 Å². The van der Waals surface area contributed by atoms with Gasteiger partial charge in [0.1, 0.15) is 0 Å². The Labute approximate surface area is 85.3 Å². The van der Waals surface area contributed by atoms with Gasteiger partial charge in [0.2, 0.25) is 5.91 Å². The lowest BCUT2D eigenvalue weighted by molar-refractivity contribution is -0.119. The maximum atomic E-state index is 11.0. The van der Waals surface area contributed by atoms with Gasteiger partial charge in [-0.3, -0.25) is 4.79 Å². The van der Waals surface area contributed by atoms with Crippen LogP contribution in [0, 0.1) is 0 Å². The van der Waals surface area contributed by atoms with Crippen molar-refractivity contribution in [2.45, 2.75) is 33.6 Å². The second-order valence-electron chi connectivity index (χ2n) is 3.28. The Bertz CT molecular complexity index is 290. The molecule has 0 saturated carbocycles. The molecule has 14 heavy (non-hydrogen) atoms. The van der Waals surface area contributed by atoms with E-state index in [4.69, 9.17) is 0 Å². The number of carbonyl (C=O) groups excluding carboxylic acids is 1. The minimum absolute atomic E-state index is 0.0710. The molecular weight excluding hydrogens is 176 g/mol. The van der Waals surface area contributed by atoms with E-state index in [2.05, 4.69) is 23.6 Å². The predicted molar refractivity (Wildman–Crippen MR) is 57.5 cm³/mol. The summed E-state index contributed by atoms with van der Waals surface area (Å²) in [5, 5.41) is 5.96. The van der Waals surface area contributed by atoms with Crippen molar-refractivity contribution in [1.29, 1.82) is 0 Å². The van der Waals surface area contributed by atoms with Gasteiger partial charge in [-0.25, -0.2) is 0 Å². The number of carbonyl (C=O) groups is 1. The number of nitrogens with one attached hydrogen (secondary N) is 2. The Morgan fingerprint density at radius 1 is 1.29 bits per heavy atom. The third kappa shape index (κ3) is 2.37. The van der Waals surface area contributed by atoms with Gasteiger partial charge in [-0.2, -0.15) is 0 Å². The first-order chi connectivity index (χ1) is 6.75. The number of hydrogen-bond donors (Lipinski definition) is 2. The highest BCUT2D eigenvalue weighted by atomic mass is 16.2. The van der Waals surface area contributed by atoms with Gasteiger partial charge in [-0.05, 0) is 25.8 Å². The van der Waals surface area contributed by atoms with Crippen LogP contribution in [0.1, 0.15) is 33.6 Å². The third-order valence-corrected chi connectivity index (χ3v) is 2.21. The molecule has 2 aliphatic rings. The fourth-order valence-corrected chi connectivity index (χ4v) is 1.54. The topological polar surface area (TPSA) is 41.1 Å². The van der Waals surface area contributed by atoms with Crippen LogP contribution in [-0.4, -0.2) is 12.5 Å². The van der Waals surface area contributed by atoms with E-state index >= 15 is 0 Å². The van der Waals surface area contributed by atoms with E-state index in [1.807, 2.05) is 13.8 Å². The van der Waals surface area contributed by atoms with Gasteiger partial charge in [0.15, 0.2) is 0 Å². The Hall–Kier alpha value is -1.25. The fourth-order valence-electron chi connectivity index (χ4n) is 1.54. The molecule has 0 radical (unpaired) electrons. The highest BCUT2D eigenvalue weighted by Gasteiger charge is 2.18. The van der Waals surface area contributed by atoms with Gasteiger partial charge < -0.3 is 10.6 Å². The molecule has 1 aliphatic heterocycles. The largest absolute Gasteiger partial charge is 0.375 e. The Kier molecular flexibility index (Phi) is 3.74. The van der Waals surface area contributed by atoms with Crippen LogP contribution in [0.4, 0.5) is 0 Å². The van der Waals surface area contributed by atoms with Crippen molar-refractivity contribution in [3.8, 4) is 0 Å². The minimum Gasteiger partial charge on any atom is -0.375 e. The van der Waals surface area contributed by atoms with Crippen LogP contribution >= 0.6 is 0 Å². The van der Waals surface area contributed by atoms with Gasteiger partial charge in [0, 0.05) is 5.70 Å². The van der Waals surface area contributed by atoms with Crippen LogP contribution in [-0.2, 0) is 4.79 Å². The maximum Gasteiger partial charge on any atom is 0.243 e. The average molecular weight is 194 g/mol. The van der Waals surface area contributed by atoms with Crippen molar-refractivity contribution in [3.63, 3.8) is 0 Å². The van der Waals surface area contributed by atoms with E-state index in [0.29, 0.717) is 6.54 Å². The molecular formula is C11H18N2O.